The van der Waals surface area contributed by atoms with Gasteiger partial charge in [0, 0.05) is 6.42 Å². The molecule has 0 aromatic carbocycles. The van der Waals surface area contributed by atoms with Gasteiger partial charge in [0.15, 0.2) is 0 Å². The molecule has 2 heteroatoms. The average Bonchev–Trinajstić information content (AvgIpc) is 2.34. The van der Waals surface area contributed by atoms with Crippen LogP contribution in [0.4, 0.5) is 0 Å². The summed E-state index contributed by atoms with van der Waals surface area (Å²) in [5.74, 6) is 0.806. The third kappa shape index (κ3) is 1.98. The van der Waals surface area contributed by atoms with E-state index in [0.717, 1.165) is 12.3 Å². The predicted molar refractivity (Wildman–Crippen MR) is 36.3 cm³/mol. The second-order valence-electron chi connectivity index (χ2n) is 2.68. The van der Waals surface area contributed by atoms with E-state index in [2.05, 4.69) is 4.79 Å². The van der Waals surface area contributed by atoms with Crippen LogP contribution in [-0.2, 0) is 0 Å². The fourth-order valence-corrected chi connectivity index (χ4v) is 1.44. The van der Waals surface area contributed by atoms with Gasteiger partial charge in [-0.1, -0.05) is 12.8 Å². The van der Waals surface area contributed by atoms with Crippen molar-refractivity contribution in [2.75, 3.05) is 0 Å². The maximum atomic E-state index is 8.10. The first-order chi connectivity index (χ1) is 4.43. The summed E-state index contributed by atoms with van der Waals surface area (Å²) in [4.78, 5) is 2.97. The van der Waals surface area contributed by atoms with Crippen LogP contribution in [0.15, 0.2) is 0 Å². The zero-order valence-electron chi connectivity index (χ0n) is 5.58. The molecule has 0 atom stereocenters. The van der Waals surface area contributed by atoms with Crippen molar-refractivity contribution in [3.8, 4) is 0 Å². The first-order valence-electron chi connectivity index (χ1n) is 3.59. The van der Waals surface area contributed by atoms with Crippen LogP contribution in [0.2, 0.25) is 0 Å². The van der Waals surface area contributed by atoms with Gasteiger partial charge in [-0.2, -0.15) is 4.79 Å². The minimum atomic E-state index is 0.806. The van der Waals surface area contributed by atoms with Crippen LogP contribution >= 0.6 is 0 Å². The van der Waals surface area contributed by atoms with Crippen LogP contribution in [0.3, 0.4) is 0 Å². The Morgan fingerprint density at radius 1 is 1.44 bits per heavy atom. The summed E-state index contributed by atoms with van der Waals surface area (Å²) < 4.78 is 0. The molecule has 0 saturated heterocycles. The molecule has 1 aliphatic carbocycles. The van der Waals surface area contributed by atoms with Crippen molar-refractivity contribution >= 4 is 6.21 Å². The Hall–Kier alpha value is -0.620. The lowest BCUT2D eigenvalue weighted by Crippen LogP contribution is -1.92. The van der Waals surface area contributed by atoms with E-state index in [1.807, 2.05) is 0 Å². The van der Waals surface area contributed by atoms with Crippen LogP contribution in [0.1, 0.15) is 32.1 Å². The van der Waals surface area contributed by atoms with Crippen molar-refractivity contribution < 1.29 is 4.79 Å². The molecule has 1 fully saturated rings. The lowest BCUT2D eigenvalue weighted by Gasteiger charge is -1.97. The van der Waals surface area contributed by atoms with Gasteiger partial charge in [0.05, 0.1) is 0 Å². The molecule has 0 spiro atoms. The zero-order valence-corrected chi connectivity index (χ0v) is 5.58. The summed E-state index contributed by atoms with van der Waals surface area (Å²) in [6, 6.07) is 0. The van der Waals surface area contributed by atoms with Crippen LogP contribution in [0.5, 0.6) is 0 Å². The maximum Gasteiger partial charge on any atom is 0.257 e. The minimum absolute atomic E-state index is 0.806. The molecular formula is C7H12N2. The van der Waals surface area contributed by atoms with Gasteiger partial charge in [-0.15, -0.1) is 0 Å². The number of rotatable bonds is 2. The summed E-state index contributed by atoms with van der Waals surface area (Å²) in [5, 5.41) is 0. The highest BCUT2D eigenvalue weighted by Crippen LogP contribution is 2.26. The van der Waals surface area contributed by atoms with Gasteiger partial charge in [-0.05, 0) is 18.8 Å². The van der Waals surface area contributed by atoms with Gasteiger partial charge in [0.2, 0.25) is 0 Å². The van der Waals surface area contributed by atoms with Crippen LogP contribution in [-0.4, -0.2) is 11.0 Å². The summed E-state index contributed by atoms with van der Waals surface area (Å²) in [6.45, 7) is 0. The fraction of sp³-hybridized carbons (Fsp3) is 0.857. The van der Waals surface area contributed by atoms with Crippen molar-refractivity contribution in [2.24, 2.45) is 5.92 Å². The quantitative estimate of drug-likeness (QED) is 0.306. The molecule has 1 saturated carbocycles. The molecule has 2 nitrogen and oxygen atoms in total. The average molecular weight is 124 g/mol. The largest absolute Gasteiger partial charge is 0.362 e. The van der Waals surface area contributed by atoms with Crippen molar-refractivity contribution in [1.82, 2.24) is 0 Å². The monoisotopic (exact) mass is 124 g/mol. The van der Waals surface area contributed by atoms with Gasteiger partial charge in [-0.25, -0.2) is 0 Å². The Labute approximate surface area is 55.5 Å². The highest BCUT2D eigenvalue weighted by atomic mass is 14.8. The zero-order chi connectivity index (χ0) is 6.53. The van der Waals surface area contributed by atoms with Gasteiger partial charge in [-0.3, -0.25) is 0 Å². The Bertz CT molecular complexity index is 119. The molecule has 0 N–H and O–H groups in total. The third-order valence-corrected chi connectivity index (χ3v) is 2.00. The normalized spacial score (nSPS) is 19.6. The van der Waals surface area contributed by atoms with E-state index in [-0.39, 0.29) is 0 Å². The van der Waals surface area contributed by atoms with Crippen molar-refractivity contribution in [3.63, 3.8) is 0 Å². The van der Waals surface area contributed by atoms with E-state index in [9.17, 15) is 0 Å². The molecule has 0 aromatic heterocycles. The predicted octanol–water partition coefficient (Wildman–Crippen LogP) is 1.87. The molecule has 0 aromatic rings. The van der Waals surface area contributed by atoms with E-state index in [4.69, 9.17) is 5.53 Å². The van der Waals surface area contributed by atoms with Gasteiger partial charge in [0.25, 0.3) is 6.21 Å². The van der Waals surface area contributed by atoms with Crippen LogP contribution < -0.4 is 0 Å². The van der Waals surface area contributed by atoms with Gasteiger partial charge >= 0.3 is 0 Å². The molecule has 1 rings (SSSR count). The fourth-order valence-electron chi connectivity index (χ4n) is 1.44. The minimum Gasteiger partial charge on any atom is -0.362 e. The number of hydrogen-bond donors (Lipinski definition) is 0. The highest BCUT2D eigenvalue weighted by Gasteiger charge is 2.14. The molecule has 0 unspecified atom stereocenters. The van der Waals surface area contributed by atoms with Crippen LogP contribution in [0.25, 0.3) is 5.53 Å². The third-order valence-electron chi connectivity index (χ3n) is 2.00. The van der Waals surface area contributed by atoms with Gasteiger partial charge in [0.1, 0.15) is 0 Å². The lowest BCUT2D eigenvalue weighted by molar-refractivity contribution is -0.000200. The highest BCUT2D eigenvalue weighted by molar-refractivity contribution is 5.50. The standard InChI is InChI=1S/C7H12N2/c8-9-6-5-7-3-1-2-4-7/h6-7H,1-5H2. The SMILES string of the molecule is [N-]=[N+]=CCC1CCCC1. The second-order valence-corrected chi connectivity index (χ2v) is 2.68. The van der Waals surface area contributed by atoms with Crippen LogP contribution in [0, 0.1) is 5.92 Å². The Morgan fingerprint density at radius 3 is 2.67 bits per heavy atom. The molecule has 0 bridgehead atoms. The van der Waals surface area contributed by atoms with E-state index in [1.165, 1.54) is 25.7 Å². The Morgan fingerprint density at radius 2 is 2.11 bits per heavy atom. The van der Waals surface area contributed by atoms with E-state index >= 15 is 0 Å². The van der Waals surface area contributed by atoms with E-state index < -0.39 is 0 Å². The Balaban J connectivity index is 2.18. The number of nitrogens with zero attached hydrogens (tertiary/aromatic N) is 2. The first-order valence-corrected chi connectivity index (χ1v) is 3.59. The topological polar surface area (TPSA) is 36.4 Å². The Kier molecular flexibility index (Phi) is 2.47. The number of hydrogen-bond acceptors (Lipinski definition) is 0. The van der Waals surface area contributed by atoms with E-state index in [1.54, 1.807) is 6.21 Å². The summed E-state index contributed by atoms with van der Waals surface area (Å²) in [5.41, 5.74) is 8.10. The smallest absolute Gasteiger partial charge is 0.257 e. The molecule has 0 amide bonds. The summed E-state index contributed by atoms with van der Waals surface area (Å²) in [7, 11) is 0. The molecule has 50 valence electrons. The molecule has 0 aliphatic heterocycles. The summed E-state index contributed by atoms with van der Waals surface area (Å²) in [6.07, 6.45) is 7.96. The summed E-state index contributed by atoms with van der Waals surface area (Å²) >= 11 is 0. The van der Waals surface area contributed by atoms with Gasteiger partial charge < -0.3 is 5.53 Å². The molecular weight excluding hydrogens is 112 g/mol. The van der Waals surface area contributed by atoms with Crippen molar-refractivity contribution in [1.29, 1.82) is 0 Å². The molecule has 1 aliphatic rings. The van der Waals surface area contributed by atoms with Crippen molar-refractivity contribution in [2.45, 2.75) is 32.1 Å². The van der Waals surface area contributed by atoms with E-state index in [0.29, 0.717) is 0 Å². The molecule has 9 heavy (non-hydrogen) atoms. The first kappa shape index (κ1) is 6.50. The molecule has 0 radical (unpaired) electrons. The maximum absolute atomic E-state index is 8.10. The second kappa shape index (κ2) is 3.41. The lowest BCUT2D eigenvalue weighted by atomic mass is 10.1. The molecule has 0 heterocycles. The van der Waals surface area contributed by atoms with Crippen molar-refractivity contribution in [3.05, 3.63) is 5.53 Å².